The first-order chi connectivity index (χ1) is 5.67. The Kier molecular flexibility index (Phi) is 4.14. The molecule has 78 valence electrons. The van der Waals surface area contributed by atoms with E-state index in [2.05, 4.69) is 25.2 Å². The Morgan fingerprint density at radius 1 is 1.23 bits per heavy atom. The zero-order chi connectivity index (χ0) is 10.7. The minimum atomic E-state index is -0.706. The Morgan fingerprint density at radius 3 is 2.00 bits per heavy atom. The van der Waals surface area contributed by atoms with Crippen LogP contribution in [0.1, 0.15) is 41.5 Å². The van der Waals surface area contributed by atoms with Gasteiger partial charge in [-0.15, -0.1) is 0 Å². The van der Waals surface area contributed by atoms with Crippen molar-refractivity contribution in [3.05, 3.63) is 11.6 Å². The minimum Gasteiger partial charge on any atom is -0.389 e. The molecule has 2 N–H and O–H groups in total. The molecule has 0 amide bonds. The summed E-state index contributed by atoms with van der Waals surface area (Å²) < 4.78 is 0. The summed E-state index contributed by atoms with van der Waals surface area (Å²) in [4.78, 5) is 0. The highest BCUT2D eigenvalue weighted by Crippen LogP contribution is 2.19. The third kappa shape index (κ3) is 4.44. The predicted molar refractivity (Wildman–Crippen MR) is 57.8 cm³/mol. The van der Waals surface area contributed by atoms with Crippen molar-refractivity contribution in [3.63, 3.8) is 0 Å². The molecule has 0 aromatic rings. The highest BCUT2D eigenvalue weighted by molar-refractivity contribution is 4.99. The van der Waals surface area contributed by atoms with Crippen LogP contribution in [0.4, 0.5) is 0 Å². The second-order valence-corrected chi connectivity index (χ2v) is 4.85. The Balaban J connectivity index is 4.12. The van der Waals surface area contributed by atoms with Gasteiger partial charge in [-0.3, -0.25) is 0 Å². The van der Waals surface area contributed by atoms with Crippen LogP contribution in [0.3, 0.4) is 0 Å². The zero-order valence-electron chi connectivity index (χ0n) is 9.73. The molecule has 0 fully saturated rings. The molecule has 0 radical (unpaired) electrons. The number of nitrogens with one attached hydrogen (secondary N) is 1. The Labute approximate surface area is 82.0 Å². The highest BCUT2D eigenvalue weighted by atomic mass is 16.3. The smallest absolute Gasteiger partial charge is 0.0767 e. The molecular weight excluding hydrogens is 162 g/mol. The van der Waals surface area contributed by atoms with Crippen molar-refractivity contribution in [1.29, 1.82) is 0 Å². The van der Waals surface area contributed by atoms with Gasteiger partial charge in [0, 0.05) is 12.1 Å². The second-order valence-electron chi connectivity index (χ2n) is 4.85. The van der Waals surface area contributed by atoms with Crippen LogP contribution in [0.5, 0.6) is 0 Å². The maximum absolute atomic E-state index is 9.83. The SMILES string of the molecule is CC(C)=CCNC(C)(C)C(C)(C)O. The van der Waals surface area contributed by atoms with Gasteiger partial charge in [0.05, 0.1) is 5.60 Å². The zero-order valence-corrected chi connectivity index (χ0v) is 9.73. The molecule has 0 bridgehead atoms. The number of hydrogen-bond donors (Lipinski definition) is 2. The van der Waals surface area contributed by atoms with Crippen molar-refractivity contribution in [2.24, 2.45) is 0 Å². The first-order valence-corrected chi connectivity index (χ1v) is 4.77. The first-order valence-electron chi connectivity index (χ1n) is 4.77. The van der Waals surface area contributed by atoms with Crippen LogP contribution in [0.2, 0.25) is 0 Å². The van der Waals surface area contributed by atoms with Crippen molar-refractivity contribution >= 4 is 0 Å². The Hall–Kier alpha value is -0.340. The molecule has 0 aromatic heterocycles. The van der Waals surface area contributed by atoms with E-state index in [0.29, 0.717) is 0 Å². The molecule has 2 heteroatoms. The van der Waals surface area contributed by atoms with Crippen LogP contribution in [-0.2, 0) is 0 Å². The van der Waals surface area contributed by atoms with E-state index in [1.54, 1.807) is 0 Å². The molecule has 0 saturated carbocycles. The average Bonchev–Trinajstić information content (AvgIpc) is 1.82. The molecule has 0 aliphatic carbocycles. The lowest BCUT2D eigenvalue weighted by Gasteiger charge is -2.38. The fourth-order valence-electron chi connectivity index (χ4n) is 0.727. The monoisotopic (exact) mass is 185 g/mol. The third-order valence-electron chi connectivity index (χ3n) is 2.58. The van der Waals surface area contributed by atoms with Crippen molar-refractivity contribution in [2.45, 2.75) is 52.7 Å². The molecule has 0 aliphatic heterocycles. The molecule has 0 heterocycles. The van der Waals surface area contributed by atoms with Gasteiger partial charge in [0.25, 0.3) is 0 Å². The number of hydrogen-bond acceptors (Lipinski definition) is 2. The summed E-state index contributed by atoms with van der Waals surface area (Å²) in [5.74, 6) is 0. The molecular formula is C11H23NO. The summed E-state index contributed by atoms with van der Waals surface area (Å²) in [7, 11) is 0. The van der Waals surface area contributed by atoms with Crippen LogP contribution in [0.15, 0.2) is 11.6 Å². The standard InChI is InChI=1S/C11H23NO/c1-9(2)7-8-12-10(3,4)11(5,6)13/h7,12-13H,8H2,1-6H3. The van der Waals surface area contributed by atoms with Gasteiger partial charge in [-0.1, -0.05) is 11.6 Å². The van der Waals surface area contributed by atoms with E-state index in [1.807, 2.05) is 27.7 Å². The van der Waals surface area contributed by atoms with Gasteiger partial charge >= 0.3 is 0 Å². The quantitative estimate of drug-likeness (QED) is 0.657. The van der Waals surface area contributed by atoms with Crippen molar-refractivity contribution in [3.8, 4) is 0 Å². The minimum absolute atomic E-state index is 0.265. The van der Waals surface area contributed by atoms with E-state index >= 15 is 0 Å². The fraction of sp³-hybridized carbons (Fsp3) is 0.818. The number of allylic oxidation sites excluding steroid dienone is 1. The maximum atomic E-state index is 9.83. The van der Waals surface area contributed by atoms with Crippen LogP contribution >= 0.6 is 0 Å². The van der Waals surface area contributed by atoms with Gasteiger partial charge in [0.15, 0.2) is 0 Å². The molecule has 0 aromatic carbocycles. The van der Waals surface area contributed by atoms with Crippen LogP contribution in [0, 0.1) is 0 Å². The fourth-order valence-corrected chi connectivity index (χ4v) is 0.727. The van der Waals surface area contributed by atoms with E-state index < -0.39 is 5.60 Å². The van der Waals surface area contributed by atoms with Crippen molar-refractivity contribution < 1.29 is 5.11 Å². The lowest BCUT2D eigenvalue weighted by molar-refractivity contribution is -0.00274. The van der Waals surface area contributed by atoms with Crippen LogP contribution in [-0.4, -0.2) is 22.8 Å². The summed E-state index contributed by atoms with van der Waals surface area (Å²) in [5, 5.41) is 13.1. The van der Waals surface area contributed by atoms with E-state index in [9.17, 15) is 5.11 Å². The summed E-state index contributed by atoms with van der Waals surface area (Å²) in [6.07, 6.45) is 2.12. The maximum Gasteiger partial charge on any atom is 0.0767 e. The molecule has 0 atom stereocenters. The Morgan fingerprint density at radius 2 is 1.69 bits per heavy atom. The molecule has 2 nitrogen and oxygen atoms in total. The van der Waals surface area contributed by atoms with E-state index in [-0.39, 0.29) is 5.54 Å². The van der Waals surface area contributed by atoms with Gasteiger partial charge < -0.3 is 10.4 Å². The molecule has 13 heavy (non-hydrogen) atoms. The summed E-state index contributed by atoms with van der Waals surface area (Å²) in [6.45, 7) is 12.6. The molecule has 0 unspecified atom stereocenters. The lowest BCUT2D eigenvalue weighted by atomic mass is 9.86. The van der Waals surface area contributed by atoms with Crippen LogP contribution in [0.25, 0.3) is 0 Å². The van der Waals surface area contributed by atoms with E-state index in [1.165, 1.54) is 5.57 Å². The number of rotatable bonds is 4. The van der Waals surface area contributed by atoms with Crippen molar-refractivity contribution in [2.75, 3.05) is 6.54 Å². The van der Waals surface area contributed by atoms with Gasteiger partial charge in [0.2, 0.25) is 0 Å². The third-order valence-corrected chi connectivity index (χ3v) is 2.58. The molecule has 0 rings (SSSR count). The van der Waals surface area contributed by atoms with Gasteiger partial charge in [-0.2, -0.15) is 0 Å². The normalized spacial score (nSPS) is 12.8. The second kappa shape index (κ2) is 4.25. The van der Waals surface area contributed by atoms with Gasteiger partial charge in [-0.05, 0) is 41.5 Å². The summed E-state index contributed by atoms with van der Waals surface area (Å²) in [6, 6.07) is 0. The molecule has 0 saturated heterocycles. The van der Waals surface area contributed by atoms with Crippen LogP contribution < -0.4 is 5.32 Å². The molecule has 0 spiro atoms. The van der Waals surface area contributed by atoms with Gasteiger partial charge in [-0.25, -0.2) is 0 Å². The average molecular weight is 185 g/mol. The predicted octanol–water partition coefficient (Wildman–Crippen LogP) is 2.09. The molecule has 0 aliphatic rings. The largest absolute Gasteiger partial charge is 0.389 e. The highest BCUT2D eigenvalue weighted by Gasteiger charge is 2.33. The van der Waals surface area contributed by atoms with E-state index in [4.69, 9.17) is 0 Å². The first kappa shape index (κ1) is 12.7. The lowest BCUT2D eigenvalue weighted by Crippen LogP contribution is -2.55. The number of aliphatic hydroxyl groups is 1. The van der Waals surface area contributed by atoms with Gasteiger partial charge in [0.1, 0.15) is 0 Å². The summed E-state index contributed by atoms with van der Waals surface area (Å²) in [5.41, 5.74) is 0.320. The van der Waals surface area contributed by atoms with E-state index in [0.717, 1.165) is 6.54 Å². The Bertz CT molecular complexity index is 183. The topological polar surface area (TPSA) is 32.3 Å². The summed E-state index contributed by atoms with van der Waals surface area (Å²) >= 11 is 0. The van der Waals surface area contributed by atoms with Crippen molar-refractivity contribution in [1.82, 2.24) is 5.32 Å².